The number of hydrogen-bond acceptors (Lipinski definition) is 2. The number of likely N-dealkylation sites (tertiary alicyclic amines) is 1. The van der Waals surface area contributed by atoms with Crippen LogP contribution in [0.25, 0.3) is 10.8 Å². The third-order valence-corrected chi connectivity index (χ3v) is 5.70. The Morgan fingerprint density at radius 1 is 0.963 bits per heavy atom. The maximum absolute atomic E-state index is 12.7. The van der Waals surface area contributed by atoms with Crippen LogP contribution in [0.15, 0.2) is 66.7 Å². The van der Waals surface area contributed by atoms with Gasteiger partial charge in [0, 0.05) is 23.2 Å². The Morgan fingerprint density at radius 3 is 2.44 bits per heavy atom. The Morgan fingerprint density at radius 2 is 1.67 bits per heavy atom. The minimum Gasteiger partial charge on any atom is -0.326 e. The summed E-state index contributed by atoms with van der Waals surface area (Å²) in [5.74, 6) is 0.196. The van der Waals surface area contributed by atoms with E-state index in [1.165, 1.54) is 5.39 Å². The zero-order valence-corrected chi connectivity index (χ0v) is 16.0. The van der Waals surface area contributed by atoms with Crippen LogP contribution in [0.4, 0.5) is 5.69 Å². The molecule has 1 aliphatic heterocycles. The summed E-state index contributed by atoms with van der Waals surface area (Å²) in [5.41, 5.74) is 2.02. The van der Waals surface area contributed by atoms with E-state index < -0.39 is 0 Å². The number of fused-ring (bicyclic) bond motifs is 1. The molecule has 1 saturated heterocycles. The highest BCUT2D eigenvalue weighted by molar-refractivity contribution is 6.31. The van der Waals surface area contributed by atoms with Gasteiger partial charge in [0.1, 0.15) is 0 Å². The van der Waals surface area contributed by atoms with Crippen LogP contribution < -0.4 is 5.32 Å². The van der Waals surface area contributed by atoms with E-state index >= 15 is 0 Å². The number of nitrogens with one attached hydrogen (secondary N) is 1. The first-order valence-corrected chi connectivity index (χ1v) is 9.82. The second-order valence-corrected chi connectivity index (χ2v) is 7.60. The average molecular weight is 379 g/mol. The Kier molecular flexibility index (Phi) is 5.42. The lowest BCUT2D eigenvalue weighted by Crippen LogP contribution is -2.37. The molecule has 27 heavy (non-hydrogen) atoms. The number of rotatable bonds is 4. The van der Waals surface area contributed by atoms with E-state index in [4.69, 9.17) is 11.6 Å². The fourth-order valence-corrected chi connectivity index (χ4v) is 3.93. The van der Waals surface area contributed by atoms with Crippen molar-refractivity contribution in [2.45, 2.75) is 19.4 Å². The number of anilines is 1. The number of carbonyl (C=O) groups is 1. The number of halogens is 1. The first-order valence-electron chi connectivity index (χ1n) is 9.44. The van der Waals surface area contributed by atoms with Crippen LogP contribution in [0.5, 0.6) is 0 Å². The molecule has 0 radical (unpaired) electrons. The van der Waals surface area contributed by atoms with E-state index in [1.54, 1.807) is 0 Å². The van der Waals surface area contributed by atoms with Gasteiger partial charge in [0.05, 0.1) is 0 Å². The molecule has 1 aliphatic rings. The van der Waals surface area contributed by atoms with Crippen molar-refractivity contribution < 1.29 is 4.79 Å². The molecule has 0 spiro atoms. The van der Waals surface area contributed by atoms with E-state index in [0.717, 1.165) is 54.1 Å². The van der Waals surface area contributed by atoms with E-state index in [0.29, 0.717) is 0 Å². The van der Waals surface area contributed by atoms with Gasteiger partial charge in [-0.1, -0.05) is 60.1 Å². The van der Waals surface area contributed by atoms with E-state index in [2.05, 4.69) is 34.5 Å². The zero-order chi connectivity index (χ0) is 18.6. The molecule has 0 bridgehead atoms. The van der Waals surface area contributed by atoms with E-state index in [9.17, 15) is 4.79 Å². The molecule has 1 N–H and O–H groups in total. The number of carbonyl (C=O) groups excluding carboxylic acids is 1. The SMILES string of the molecule is O=C(Nc1ccc2ccccc2c1)C1CCN(Cc2ccccc2Cl)CC1. The van der Waals surface area contributed by atoms with Gasteiger partial charge >= 0.3 is 0 Å². The van der Waals surface area contributed by atoms with Gasteiger partial charge in [-0.3, -0.25) is 9.69 Å². The Labute approximate surface area is 164 Å². The van der Waals surface area contributed by atoms with Crippen molar-refractivity contribution in [3.8, 4) is 0 Å². The lowest BCUT2D eigenvalue weighted by Gasteiger charge is -2.31. The highest BCUT2D eigenvalue weighted by Crippen LogP contribution is 2.24. The first-order chi connectivity index (χ1) is 13.2. The Balaban J connectivity index is 1.33. The van der Waals surface area contributed by atoms with Gasteiger partial charge in [-0.2, -0.15) is 0 Å². The van der Waals surface area contributed by atoms with Crippen LogP contribution >= 0.6 is 11.6 Å². The van der Waals surface area contributed by atoms with Crippen molar-refractivity contribution in [2.24, 2.45) is 5.92 Å². The third-order valence-electron chi connectivity index (χ3n) is 5.33. The number of piperidine rings is 1. The summed E-state index contributed by atoms with van der Waals surface area (Å²) < 4.78 is 0. The molecule has 3 aromatic rings. The van der Waals surface area contributed by atoms with Crippen molar-refractivity contribution in [3.63, 3.8) is 0 Å². The lowest BCUT2D eigenvalue weighted by molar-refractivity contribution is -0.121. The molecular formula is C23H23ClN2O. The van der Waals surface area contributed by atoms with Crippen LogP contribution in [0, 0.1) is 5.92 Å². The largest absolute Gasteiger partial charge is 0.326 e. The molecule has 0 aromatic heterocycles. The number of amides is 1. The molecule has 1 fully saturated rings. The summed E-state index contributed by atoms with van der Waals surface area (Å²) in [7, 11) is 0. The van der Waals surface area contributed by atoms with Crippen LogP contribution in [-0.4, -0.2) is 23.9 Å². The molecular weight excluding hydrogens is 356 g/mol. The molecule has 1 heterocycles. The normalized spacial score (nSPS) is 15.7. The fraction of sp³-hybridized carbons (Fsp3) is 0.261. The van der Waals surface area contributed by atoms with Crippen molar-refractivity contribution in [1.29, 1.82) is 0 Å². The Bertz CT molecular complexity index is 948. The second kappa shape index (κ2) is 8.12. The van der Waals surface area contributed by atoms with Crippen molar-refractivity contribution in [1.82, 2.24) is 4.90 Å². The van der Waals surface area contributed by atoms with Crippen LogP contribution in [0.3, 0.4) is 0 Å². The zero-order valence-electron chi connectivity index (χ0n) is 15.2. The predicted molar refractivity (Wildman–Crippen MR) is 112 cm³/mol. The van der Waals surface area contributed by atoms with Crippen LogP contribution in [0.1, 0.15) is 18.4 Å². The summed E-state index contributed by atoms with van der Waals surface area (Å²) in [6.45, 7) is 2.68. The van der Waals surface area contributed by atoms with Gasteiger partial charge in [0.15, 0.2) is 0 Å². The molecule has 4 heteroatoms. The van der Waals surface area contributed by atoms with Gasteiger partial charge in [-0.25, -0.2) is 0 Å². The minimum atomic E-state index is 0.0685. The lowest BCUT2D eigenvalue weighted by atomic mass is 9.95. The summed E-state index contributed by atoms with van der Waals surface area (Å²) in [6, 6.07) is 22.2. The predicted octanol–water partition coefficient (Wildman–Crippen LogP) is 5.34. The summed E-state index contributed by atoms with van der Waals surface area (Å²) in [6.07, 6.45) is 1.76. The van der Waals surface area contributed by atoms with Crippen molar-refractivity contribution >= 4 is 34.0 Å². The molecule has 4 rings (SSSR count). The van der Waals surface area contributed by atoms with Crippen molar-refractivity contribution in [2.75, 3.05) is 18.4 Å². The monoisotopic (exact) mass is 378 g/mol. The molecule has 3 aromatic carbocycles. The highest BCUT2D eigenvalue weighted by atomic mass is 35.5. The summed E-state index contributed by atoms with van der Waals surface area (Å²) >= 11 is 6.26. The molecule has 0 aliphatic carbocycles. The molecule has 1 amide bonds. The van der Waals surface area contributed by atoms with E-state index in [1.807, 2.05) is 42.5 Å². The van der Waals surface area contributed by atoms with Gasteiger partial charge in [-0.15, -0.1) is 0 Å². The summed E-state index contributed by atoms with van der Waals surface area (Å²) in [5, 5.41) is 6.24. The molecule has 3 nitrogen and oxygen atoms in total. The van der Waals surface area contributed by atoms with Gasteiger partial charge in [-0.05, 0) is 60.5 Å². The molecule has 0 unspecified atom stereocenters. The average Bonchev–Trinajstić information content (AvgIpc) is 2.70. The van der Waals surface area contributed by atoms with E-state index in [-0.39, 0.29) is 11.8 Å². The number of nitrogens with zero attached hydrogens (tertiary/aromatic N) is 1. The number of benzene rings is 3. The van der Waals surface area contributed by atoms with Gasteiger partial charge < -0.3 is 5.32 Å². The van der Waals surface area contributed by atoms with Gasteiger partial charge in [0.2, 0.25) is 5.91 Å². The smallest absolute Gasteiger partial charge is 0.227 e. The summed E-state index contributed by atoms with van der Waals surface area (Å²) in [4.78, 5) is 15.0. The Hall–Kier alpha value is -2.36. The molecule has 138 valence electrons. The minimum absolute atomic E-state index is 0.0685. The third kappa shape index (κ3) is 4.32. The first kappa shape index (κ1) is 18.0. The van der Waals surface area contributed by atoms with Gasteiger partial charge in [0.25, 0.3) is 0 Å². The second-order valence-electron chi connectivity index (χ2n) is 7.19. The molecule has 0 saturated carbocycles. The quantitative estimate of drug-likeness (QED) is 0.664. The highest BCUT2D eigenvalue weighted by Gasteiger charge is 2.25. The fourth-order valence-electron chi connectivity index (χ4n) is 3.73. The van der Waals surface area contributed by atoms with Crippen LogP contribution in [0.2, 0.25) is 5.02 Å². The maximum Gasteiger partial charge on any atom is 0.227 e. The maximum atomic E-state index is 12.7. The standard InChI is InChI=1S/C23H23ClN2O/c24-22-8-4-3-7-20(22)16-26-13-11-18(12-14-26)23(27)25-21-10-9-17-5-1-2-6-19(17)15-21/h1-10,15,18H,11-14,16H2,(H,25,27). The number of hydrogen-bond donors (Lipinski definition) is 1. The van der Waals surface area contributed by atoms with Crippen molar-refractivity contribution in [3.05, 3.63) is 77.3 Å². The topological polar surface area (TPSA) is 32.3 Å². The molecule has 0 atom stereocenters. The van der Waals surface area contributed by atoms with Crippen LogP contribution in [-0.2, 0) is 11.3 Å².